The molecule has 0 spiro atoms. The first-order valence-corrected chi connectivity index (χ1v) is 9.41. The van der Waals surface area contributed by atoms with Crippen molar-refractivity contribution in [2.24, 2.45) is 0 Å². The molecule has 0 unspecified atom stereocenters. The van der Waals surface area contributed by atoms with E-state index in [1.165, 1.54) is 17.0 Å². The third-order valence-corrected chi connectivity index (χ3v) is 5.05. The Morgan fingerprint density at radius 1 is 1.04 bits per heavy atom. The molecule has 1 N–H and O–H groups in total. The first-order chi connectivity index (χ1) is 13.6. The fourth-order valence-electron chi connectivity index (χ4n) is 3.67. The van der Waals surface area contributed by atoms with Gasteiger partial charge in [-0.1, -0.05) is 43.2 Å². The molecule has 0 atom stereocenters. The lowest BCUT2D eigenvalue weighted by atomic mass is 10.2. The van der Waals surface area contributed by atoms with Crippen LogP contribution in [0, 0.1) is 0 Å². The largest absolute Gasteiger partial charge is 0.352 e. The monoisotopic (exact) mass is 379 g/mol. The van der Waals surface area contributed by atoms with E-state index >= 15 is 0 Å². The summed E-state index contributed by atoms with van der Waals surface area (Å²) in [5.41, 5.74) is -0.0604. The Bertz CT molecular complexity index is 1110. The van der Waals surface area contributed by atoms with Crippen LogP contribution in [-0.2, 0) is 17.9 Å². The highest BCUT2D eigenvalue weighted by Gasteiger charge is 2.20. The molecule has 1 saturated carbocycles. The van der Waals surface area contributed by atoms with Crippen LogP contribution in [-0.4, -0.2) is 31.1 Å². The zero-order valence-corrected chi connectivity index (χ0v) is 15.4. The number of carbonyl (C=O) groups is 1. The van der Waals surface area contributed by atoms with Gasteiger partial charge in [0.25, 0.3) is 5.56 Å². The number of fused-ring (bicyclic) bond motifs is 1. The Hall–Kier alpha value is -3.29. The summed E-state index contributed by atoms with van der Waals surface area (Å²) in [4.78, 5) is 46.6. The Balaban J connectivity index is 1.75. The van der Waals surface area contributed by atoms with Crippen molar-refractivity contribution in [3.05, 3.63) is 69.1 Å². The number of rotatable bonds is 5. The molecule has 4 rings (SSSR count). The lowest BCUT2D eigenvalue weighted by molar-refractivity contribution is -0.122. The zero-order chi connectivity index (χ0) is 19.5. The summed E-state index contributed by atoms with van der Waals surface area (Å²) in [5.74, 6) is -0.258. The molecule has 0 bridgehead atoms. The van der Waals surface area contributed by atoms with E-state index in [0.29, 0.717) is 0 Å². The summed E-state index contributed by atoms with van der Waals surface area (Å²) in [7, 11) is 0. The van der Waals surface area contributed by atoms with E-state index in [4.69, 9.17) is 0 Å². The number of aromatic nitrogens is 4. The molecule has 2 heterocycles. The van der Waals surface area contributed by atoms with Crippen molar-refractivity contribution >= 4 is 17.1 Å². The Labute approximate surface area is 160 Å². The highest BCUT2D eigenvalue weighted by molar-refractivity contribution is 5.78. The van der Waals surface area contributed by atoms with Crippen molar-refractivity contribution in [3.8, 4) is 0 Å². The van der Waals surface area contributed by atoms with Crippen LogP contribution in [0.2, 0.25) is 0 Å². The lowest BCUT2D eigenvalue weighted by Gasteiger charge is -2.15. The number of hydrogen-bond donors (Lipinski definition) is 1. The number of amides is 1. The molecule has 1 aliphatic rings. The summed E-state index contributed by atoms with van der Waals surface area (Å²) in [6.45, 7) is -0.0884. The third kappa shape index (κ3) is 3.58. The smallest absolute Gasteiger partial charge is 0.333 e. The molecule has 28 heavy (non-hydrogen) atoms. The third-order valence-electron chi connectivity index (χ3n) is 5.05. The van der Waals surface area contributed by atoms with E-state index in [-0.39, 0.29) is 36.2 Å². The summed E-state index contributed by atoms with van der Waals surface area (Å²) >= 11 is 0. The van der Waals surface area contributed by atoms with Gasteiger partial charge in [-0.2, -0.15) is 0 Å². The number of nitrogens with one attached hydrogen (secondary N) is 1. The van der Waals surface area contributed by atoms with Gasteiger partial charge in [-0.15, -0.1) is 0 Å². The van der Waals surface area contributed by atoms with Crippen LogP contribution in [0.5, 0.6) is 0 Å². The van der Waals surface area contributed by atoms with E-state index in [1.807, 2.05) is 30.3 Å². The molecule has 2 aromatic heterocycles. The second-order valence-electron chi connectivity index (χ2n) is 7.02. The van der Waals surface area contributed by atoms with Gasteiger partial charge in [-0.25, -0.2) is 14.8 Å². The van der Waals surface area contributed by atoms with Crippen molar-refractivity contribution in [2.45, 2.75) is 44.8 Å². The first-order valence-electron chi connectivity index (χ1n) is 9.41. The maximum Gasteiger partial charge on any atom is 0.333 e. The van der Waals surface area contributed by atoms with Crippen LogP contribution >= 0.6 is 0 Å². The van der Waals surface area contributed by atoms with Gasteiger partial charge in [-0.3, -0.25) is 18.7 Å². The van der Waals surface area contributed by atoms with Gasteiger partial charge < -0.3 is 5.32 Å². The minimum Gasteiger partial charge on any atom is -0.352 e. The van der Waals surface area contributed by atoms with Gasteiger partial charge in [0, 0.05) is 18.4 Å². The van der Waals surface area contributed by atoms with Crippen molar-refractivity contribution < 1.29 is 4.79 Å². The second-order valence-corrected chi connectivity index (χ2v) is 7.02. The van der Waals surface area contributed by atoms with Crippen LogP contribution in [0.1, 0.15) is 31.2 Å². The van der Waals surface area contributed by atoms with Crippen molar-refractivity contribution in [1.29, 1.82) is 0 Å². The van der Waals surface area contributed by atoms with Gasteiger partial charge >= 0.3 is 5.69 Å². The predicted molar refractivity (Wildman–Crippen MR) is 104 cm³/mol. The van der Waals surface area contributed by atoms with E-state index < -0.39 is 11.2 Å². The predicted octanol–water partition coefficient (Wildman–Crippen LogP) is 1.06. The Morgan fingerprint density at radius 2 is 1.75 bits per heavy atom. The van der Waals surface area contributed by atoms with Gasteiger partial charge in [-0.05, 0) is 18.4 Å². The first kappa shape index (κ1) is 18.1. The standard InChI is InChI=1S/C20H21N5O3/c26-16(23-15-8-4-5-9-15)13-24-18-17(21-10-11-22-18)19(27)25(20(24)28)12-14-6-2-1-3-7-14/h1-3,6-7,10-11,15H,4-5,8-9,12-13H2,(H,23,26). The molecule has 0 radical (unpaired) electrons. The lowest BCUT2D eigenvalue weighted by Crippen LogP contribution is -2.44. The molecule has 1 aliphatic carbocycles. The molecule has 3 aromatic rings. The fourth-order valence-corrected chi connectivity index (χ4v) is 3.67. The van der Waals surface area contributed by atoms with Crippen LogP contribution in [0.4, 0.5) is 0 Å². The molecule has 144 valence electrons. The summed E-state index contributed by atoms with van der Waals surface area (Å²) in [6, 6.07) is 9.37. The number of benzene rings is 1. The highest BCUT2D eigenvalue weighted by Crippen LogP contribution is 2.17. The average Bonchev–Trinajstić information content (AvgIpc) is 3.22. The molecule has 0 saturated heterocycles. The SMILES string of the molecule is O=C(Cn1c(=O)n(Cc2ccccc2)c(=O)c2nccnc21)NC1CCCC1. The molecule has 1 fully saturated rings. The van der Waals surface area contributed by atoms with Gasteiger partial charge in [0.15, 0.2) is 11.2 Å². The van der Waals surface area contributed by atoms with E-state index in [0.717, 1.165) is 35.8 Å². The van der Waals surface area contributed by atoms with Crippen LogP contribution < -0.4 is 16.6 Å². The van der Waals surface area contributed by atoms with Gasteiger partial charge in [0.2, 0.25) is 5.91 Å². The van der Waals surface area contributed by atoms with Gasteiger partial charge in [0.1, 0.15) is 6.54 Å². The fraction of sp³-hybridized carbons (Fsp3) is 0.350. The van der Waals surface area contributed by atoms with Gasteiger partial charge in [0.05, 0.1) is 6.54 Å². The summed E-state index contributed by atoms with van der Waals surface area (Å²) < 4.78 is 2.34. The number of carbonyl (C=O) groups excluding carboxylic acids is 1. The zero-order valence-electron chi connectivity index (χ0n) is 15.4. The molecule has 8 heteroatoms. The molecule has 1 aromatic carbocycles. The summed E-state index contributed by atoms with van der Waals surface area (Å²) in [5, 5.41) is 2.97. The minimum atomic E-state index is -0.566. The maximum absolute atomic E-state index is 13.1. The van der Waals surface area contributed by atoms with Crippen LogP contribution in [0.15, 0.2) is 52.3 Å². The highest BCUT2D eigenvalue weighted by atomic mass is 16.2. The van der Waals surface area contributed by atoms with Crippen molar-refractivity contribution in [2.75, 3.05) is 0 Å². The van der Waals surface area contributed by atoms with Crippen molar-refractivity contribution in [3.63, 3.8) is 0 Å². The molecular weight excluding hydrogens is 358 g/mol. The molecule has 1 amide bonds. The summed E-state index contributed by atoms with van der Waals surface area (Å²) in [6.07, 6.45) is 6.92. The van der Waals surface area contributed by atoms with E-state index in [1.54, 1.807) is 0 Å². The Kier molecular flexibility index (Phi) is 5.01. The van der Waals surface area contributed by atoms with E-state index in [2.05, 4.69) is 15.3 Å². The van der Waals surface area contributed by atoms with Crippen LogP contribution in [0.25, 0.3) is 11.2 Å². The minimum absolute atomic E-state index is 0.0756. The maximum atomic E-state index is 13.1. The topological polar surface area (TPSA) is 98.9 Å². The number of hydrogen-bond acceptors (Lipinski definition) is 5. The molecule has 0 aliphatic heterocycles. The van der Waals surface area contributed by atoms with E-state index in [9.17, 15) is 14.4 Å². The Morgan fingerprint density at radius 3 is 2.50 bits per heavy atom. The molecule has 8 nitrogen and oxygen atoms in total. The van der Waals surface area contributed by atoms with Crippen molar-refractivity contribution in [1.82, 2.24) is 24.4 Å². The average molecular weight is 379 g/mol. The normalized spacial score (nSPS) is 14.4. The number of nitrogens with zero attached hydrogens (tertiary/aromatic N) is 4. The quantitative estimate of drug-likeness (QED) is 0.715. The second kappa shape index (κ2) is 7.75. The van der Waals surface area contributed by atoms with Crippen LogP contribution in [0.3, 0.4) is 0 Å². The molecular formula is C20H21N5O3.